The Labute approximate surface area is 123 Å². The fourth-order valence-corrected chi connectivity index (χ4v) is 3.06. The molecule has 1 saturated carbocycles. The maximum atomic E-state index is 4.51. The second kappa shape index (κ2) is 8.25. The monoisotopic (exact) mass is 275 g/mol. The lowest BCUT2D eigenvalue weighted by atomic mass is 9.94. The molecule has 1 aliphatic carbocycles. The summed E-state index contributed by atoms with van der Waals surface area (Å²) in [6.07, 6.45) is 10.1. The van der Waals surface area contributed by atoms with Gasteiger partial charge in [0.2, 0.25) is 0 Å². The van der Waals surface area contributed by atoms with E-state index in [1.807, 2.05) is 6.20 Å². The zero-order chi connectivity index (χ0) is 14.2. The van der Waals surface area contributed by atoms with Crippen molar-refractivity contribution < 1.29 is 0 Å². The maximum Gasteiger partial charge on any atom is 0.125 e. The first-order valence-corrected chi connectivity index (χ1v) is 8.26. The summed E-state index contributed by atoms with van der Waals surface area (Å²) < 4.78 is 0. The van der Waals surface area contributed by atoms with Gasteiger partial charge in [0.1, 0.15) is 5.82 Å². The van der Waals surface area contributed by atoms with Gasteiger partial charge in [-0.15, -0.1) is 0 Å². The Kier molecular flexibility index (Phi) is 6.31. The molecule has 1 aromatic rings. The summed E-state index contributed by atoms with van der Waals surface area (Å²) >= 11 is 0. The van der Waals surface area contributed by atoms with Crippen LogP contribution in [0.25, 0.3) is 0 Å². The number of rotatable bonds is 7. The molecular formula is C17H29N3. The first-order chi connectivity index (χ1) is 9.83. The van der Waals surface area contributed by atoms with Crippen molar-refractivity contribution >= 4 is 5.82 Å². The minimum Gasteiger partial charge on any atom is -0.370 e. The van der Waals surface area contributed by atoms with E-state index in [2.05, 4.69) is 41.2 Å². The molecule has 1 heterocycles. The Morgan fingerprint density at radius 3 is 2.60 bits per heavy atom. The third-order valence-electron chi connectivity index (χ3n) is 4.26. The summed E-state index contributed by atoms with van der Waals surface area (Å²) in [5, 5.41) is 3.33. The van der Waals surface area contributed by atoms with E-state index in [9.17, 15) is 0 Å². The Balaban J connectivity index is 1.89. The average Bonchev–Trinajstić information content (AvgIpc) is 2.52. The molecule has 0 saturated heterocycles. The van der Waals surface area contributed by atoms with Crippen molar-refractivity contribution in [3.63, 3.8) is 0 Å². The third kappa shape index (κ3) is 4.48. The van der Waals surface area contributed by atoms with Gasteiger partial charge in [0.05, 0.1) is 0 Å². The minimum atomic E-state index is 0.784. The van der Waals surface area contributed by atoms with Gasteiger partial charge in [0.15, 0.2) is 0 Å². The van der Waals surface area contributed by atoms with Gasteiger partial charge in [0.25, 0.3) is 0 Å². The second-order valence-electron chi connectivity index (χ2n) is 5.83. The van der Waals surface area contributed by atoms with Crippen LogP contribution in [0.5, 0.6) is 0 Å². The Bertz CT molecular complexity index is 368. The summed E-state index contributed by atoms with van der Waals surface area (Å²) in [6.45, 7) is 7.63. The van der Waals surface area contributed by atoms with E-state index in [1.54, 1.807) is 0 Å². The number of aromatic nitrogens is 1. The number of hydrogen-bond acceptors (Lipinski definition) is 3. The van der Waals surface area contributed by atoms with Crippen molar-refractivity contribution in [3.05, 3.63) is 23.9 Å². The van der Waals surface area contributed by atoms with Crippen LogP contribution in [0, 0.1) is 0 Å². The van der Waals surface area contributed by atoms with Crippen LogP contribution >= 0.6 is 0 Å². The van der Waals surface area contributed by atoms with Crippen LogP contribution in [0.3, 0.4) is 0 Å². The molecule has 1 N–H and O–H groups in total. The summed E-state index contributed by atoms with van der Waals surface area (Å²) in [5.74, 6) is 0.997. The van der Waals surface area contributed by atoms with Crippen LogP contribution in [0.15, 0.2) is 18.3 Å². The molecule has 1 fully saturated rings. The number of hydrogen-bond donors (Lipinski definition) is 1. The number of pyridine rings is 1. The molecule has 1 aromatic heterocycles. The van der Waals surface area contributed by atoms with Gasteiger partial charge < -0.3 is 5.32 Å². The van der Waals surface area contributed by atoms with Crippen molar-refractivity contribution in [2.75, 3.05) is 18.4 Å². The van der Waals surface area contributed by atoms with Crippen molar-refractivity contribution in [1.82, 2.24) is 9.88 Å². The van der Waals surface area contributed by atoms with Gasteiger partial charge in [0, 0.05) is 25.3 Å². The van der Waals surface area contributed by atoms with Crippen molar-refractivity contribution in [2.45, 2.75) is 65.0 Å². The summed E-state index contributed by atoms with van der Waals surface area (Å²) in [6, 6.07) is 5.11. The van der Waals surface area contributed by atoms with Crippen LogP contribution in [0.4, 0.5) is 5.82 Å². The van der Waals surface area contributed by atoms with Crippen LogP contribution in [-0.4, -0.2) is 29.0 Å². The Hall–Kier alpha value is -1.09. The highest BCUT2D eigenvalue weighted by molar-refractivity contribution is 5.35. The molecule has 0 aliphatic heterocycles. The highest BCUT2D eigenvalue weighted by Gasteiger charge is 2.19. The maximum absolute atomic E-state index is 4.51. The van der Waals surface area contributed by atoms with Crippen LogP contribution in [0.2, 0.25) is 0 Å². The Morgan fingerprint density at radius 1 is 1.20 bits per heavy atom. The largest absolute Gasteiger partial charge is 0.370 e. The normalized spacial score (nSPS) is 16.6. The summed E-state index contributed by atoms with van der Waals surface area (Å²) in [4.78, 5) is 7.13. The predicted octanol–water partition coefficient (Wildman–Crippen LogP) is 4.06. The highest BCUT2D eigenvalue weighted by atomic mass is 15.1. The number of nitrogens with one attached hydrogen (secondary N) is 1. The lowest BCUT2D eigenvalue weighted by molar-refractivity contribution is 0.156. The zero-order valence-electron chi connectivity index (χ0n) is 13.1. The smallest absolute Gasteiger partial charge is 0.125 e. The van der Waals surface area contributed by atoms with Crippen LogP contribution in [-0.2, 0) is 6.54 Å². The topological polar surface area (TPSA) is 28.2 Å². The quantitative estimate of drug-likeness (QED) is 0.813. The summed E-state index contributed by atoms with van der Waals surface area (Å²) in [5.41, 5.74) is 1.33. The molecule has 3 heteroatoms. The van der Waals surface area contributed by atoms with Gasteiger partial charge in [-0.1, -0.05) is 39.2 Å². The first kappa shape index (κ1) is 15.3. The molecule has 0 spiro atoms. The minimum absolute atomic E-state index is 0.784. The van der Waals surface area contributed by atoms with E-state index in [1.165, 1.54) is 37.7 Å². The SMILES string of the molecule is CCCNc1ccc(CN(CC)C2CCCCC2)cn1. The molecule has 0 atom stereocenters. The van der Waals surface area contributed by atoms with Gasteiger partial charge in [-0.25, -0.2) is 4.98 Å². The zero-order valence-corrected chi connectivity index (χ0v) is 13.1. The number of nitrogens with zero attached hydrogens (tertiary/aromatic N) is 2. The average molecular weight is 275 g/mol. The van der Waals surface area contributed by atoms with E-state index in [-0.39, 0.29) is 0 Å². The van der Waals surface area contributed by atoms with Gasteiger partial charge in [-0.2, -0.15) is 0 Å². The first-order valence-electron chi connectivity index (χ1n) is 8.26. The highest BCUT2D eigenvalue weighted by Crippen LogP contribution is 2.23. The fourth-order valence-electron chi connectivity index (χ4n) is 3.06. The van der Waals surface area contributed by atoms with Crippen molar-refractivity contribution in [3.8, 4) is 0 Å². The molecule has 112 valence electrons. The molecule has 0 bridgehead atoms. The standard InChI is InChI=1S/C17H29N3/c1-3-12-18-17-11-10-15(13-19-17)14-20(4-2)16-8-6-5-7-9-16/h10-11,13,16H,3-9,12,14H2,1-2H3,(H,18,19). The van der Waals surface area contributed by atoms with E-state index in [4.69, 9.17) is 0 Å². The van der Waals surface area contributed by atoms with Gasteiger partial charge in [-0.3, -0.25) is 4.90 Å². The lowest BCUT2D eigenvalue weighted by Crippen LogP contribution is -2.36. The lowest BCUT2D eigenvalue weighted by Gasteiger charge is -2.33. The van der Waals surface area contributed by atoms with Crippen molar-refractivity contribution in [1.29, 1.82) is 0 Å². The van der Waals surface area contributed by atoms with Gasteiger partial charge >= 0.3 is 0 Å². The van der Waals surface area contributed by atoms with E-state index < -0.39 is 0 Å². The van der Waals surface area contributed by atoms with Crippen LogP contribution < -0.4 is 5.32 Å². The molecule has 1 aliphatic rings. The molecule has 3 nitrogen and oxygen atoms in total. The summed E-state index contributed by atoms with van der Waals surface area (Å²) in [7, 11) is 0. The van der Waals surface area contributed by atoms with E-state index in [0.29, 0.717) is 0 Å². The molecule has 0 radical (unpaired) electrons. The van der Waals surface area contributed by atoms with Gasteiger partial charge in [-0.05, 0) is 37.4 Å². The molecule has 0 aromatic carbocycles. The third-order valence-corrected chi connectivity index (χ3v) is 4.26. The molecule has 0 unspecified atom stereocenters. The van der Waals surface area contributed by atoms with E-state index in [0.717, 1.165) is 37.9 Å². The second-order valence-corrected chi connectivity index (χ2v) is 5.83. The Morgan fingerprint density at radius 2 is 2.00 bits per heavy atom. The molecule has 20 heavy (non-hydrogen) atoms. The molecular weight excluding hydrogens is 246 g/mol. The predicted molar refractivity (Wildman–Crippen MR) is 86.0 cm³/mol. The van der Waals surface area contributed by atoms with Crippen LogP contribution in [0.1, 0.15) is 57.9 Å². The molecule has 0 amide bonds. The number of anilines is 1. The molecule has 2 rings (SSSR count). The van der Waals surface area contributed by atoms with Crippen molar-refractivity contribution in [2.24, 2.45) is 0 Å². The fraction of sp³-hybridized carbons (Fsp3) is 0.706. The van der Waals surface area contributed by atoms with E-state index >= 15 is 0 Å².